The standard InChI is InChI=1S/C18H35N3/c1-4-19-16-8-9-18(2,3)13-17(16)21-12-6-11-20-10-5-7-15(20)14-21/h15-17,19H,4-14H2,1-3H3. The first-order valence-corrected chi connectivity index (χ1v) is 9.30. The molecule has 2 aliphatic heterocycles. The number of hydrogen-bond donors (Lipinski definition) is 1. The molecule has 3 atom stereocenters. The van der Waals surface area contributed by atoms with Crippen LogP contribution in [0.1, 0.15) is 59.3 Å². The molecule has 0 radical (unpaired) electrons. The van der Waals surface area contributed by atoms with Crippen LogP contribution in [0.2, 0.25) is 0 Å². The maximum atomic E-state index is 3.79. The normalized spacial score (nSPS) is 38.1. The van der Waals surface area contributed by atoms with Crippen LogP contribution in [-0.4, -0.2) is 60.6 Å². The minimum absolute atomic E-state index is 0.526. The summed E-state index contributed by atoms with van der Waals surface area (Å²) in [5.74, 6) is 0. The van der Waals surface area contributed by atoms with Crippen molar-refractivity contribution in [2.24, 2.45) is 5.41 Å². The van der Waals surface area contributed by atoms with Gasteiger partial charge in [-0.25, -0.2) is 0 Å². The molecular formula is C18H35N3. The van der Waals surface area contributed by atoms with E-state index in [2.05, 4.69) is 35.9 Å². The van der Waals surface area contributed by atoms with Crippen molar-refractivity contribution in [2.45, 2.75) is 77.4 Å². The molecule has 21 heavy (non-hydrogen) atoms. The molecule has 3 aliphatic rings. The van der Waals surface area contributed by atoms with Crippen LogP contribution in [0.25, 0.3) is 0 Å². The van der Waals surface area contributed by atoms with E-state index in [1.165, 1.54) is 64.7 Å². The van der Waals surface area contributed by atoms with Gasteiger partial charge in [0.05, 0.1) is 0 Å². The average Bonchev–Trinajstić information content (AvgIpc) is 2.78. The van der Waals surface area contributed by atoms with Gasteiger partial charge in [-0.1, -0.05) is 20.8 Å². The van der Waals surface area contributed by atoms with Crippen molar-refractivity contribution in [1.82, 2.24) is 15.1 Å². The lowest BCUT2D eigenvalue weighted by atomic mass is 9.72. The smallest absolute Gasteiger partial charge is 0.0255 e. The minimum atomic E-state index is 0.526. The number of likely N-dealkylation sites (N-methyl/N-ethyl adjacent to an activating group) is 1. The topological polar surface area (TPSA) is 18.5 Å². The molecule has 3 unspecified atom stereocenters. The summed E-state index contributed by atoms with van der Waals surface area (Å²) >= 11 is 0. The van der Waals surface area contributed by atoms with E-state index in [9.17, 15) is 0 Å². The lowest BCUT2D eigenvalue weighted by Crippen LogP contribution is -2.56. The van der Waals surface area contributed by atoms with Gasteiger partial charge in [0.2, 0.25) is 0 Å². The highest BCUT2D eigenvalue weighted by molar-refractivity contribution is 4.97. The zero-order chi connectivity index (χ0) is 14.9. The van der Waals surface area contributed by atoms with E-state index in [1.807, 2.05) is 0 Å². The van der Waals surface area contributed by atoms with Crippen LogP contribution in [0.4, 0.5) is 0 Å². The van der Waals surface area contributed by atoms with E-state index in [4.69, 9.17) is 0 Å². The number of hydrogen-bond acceptors (Lipinski definition) is 3. The largest absolute Gasteiger partial charge is 0.313 e. The molecule has 0 bridgehead atoms. The Morgan fingerprint density at radius 3 is 2.62 bits per heavy atom. The van der Waals surface area contributed by atoms with E-state index < -0.39 is 0 Å². The van der Waals surface area contributed by atoms with Crippen LogP contribution in [0.5, 0.6) is 0 Å². The van der Waals surface area contributed by atoms with Crippen LogP contribution >= 0.6 is 0 Å². The summed E-state index contributed by atoms with van der Waals surface area (Å²) < 4.78 is 0. The van der Waals surface area contributed by atoms with Crippen LogP contribution in [-0.2, 0) is 0 Å². The van der Waals surface area contributed by atoms with Crippen molar-refractivity contribution < 1.29 is 0 Å². The van der Waals surface area contributed by atoms with Crippen molar-refractivity contribution in [3.63, 3.8) is 0 Å². The lowest BCUT2D eigenvalue weighted by Gasteiger charge is -2.46. The summed E-state index contributed by atoms with van der Waals surface area (Å²) in [6, 6.07) is 2.32. The molecule has 2 saturated heterocycles. The molecule has 2 heterocycles. The van der Waals surface area contributed by atoms with Crippen molar-refractivity contribution >= 4 is 0 Å². The molecule has 3 rings (SSSR count). The van der Waals surface area contributed by atoms with Crippen LogP contribution in [0, 0.1) is 5.41 Å². The van der Waals surface area contributed by atoms with Gasteiger partial charge >= 0.3 is 0 Å². The molecule has 0 aromatic rings. The second-order valence-corrected chi connectivity index (χ2v) is 8.32. The summed E-state index contributed by atoms with van der Waals surface area (Å²) in [5.41, 5.74) is 0.526. The first-order valence-electron chi connectivity index (χ1n) is 9.30. The fraction of sp³-hybridized carbons (Fsp3) is 1.00. The van der Waals surface area contributed by atoms with Gasteiger partial charge in [0, 0.05) is 24.7 Å². The van der Waals surface area contributed by atoms with Gasteiger partial charge in [-0.05, 0) is 70.1 Å². The first-order chi connectivity index (χ1) is 10.1. The second-order valence-electron chi connectivity index (χ2n) is 8.32. The lowest BCUT2D eigenvalue weighted by molar-refractivity contribution is 0.0605. The van der Waals surface area contributed by atoms with E-state index >= 15 is 0 Å². The Balaban J connectivity index is 1.71. The van der Waals surface area contributed by atoms with Gasteiger partial charge < -0.3 is 5.32 Å². The van der Waals surface area contributed by atoms with E-state index in [-0.39, 0.29) is 0 Å². The average molecular weight is 293 g/mol. The summed E-state index contributed by atoms with van der Waals surface area (Å²) in [5, 5.41) is 3.79. The molecule has 0 spiro atoms. The monoisotopic (exact) mass is 293 g/mol. The van der Waals surface area contributed by atoms with E-state index in [0.717, 1.165) is 24.7 Å². The first kappa shape index (κ1) is 15.8. The third kappa shape index (κ3) is 3.62. The number of nitrogens with zero attached hydrogens (tertiary/aromatic N) is 2. The third-order valence-electron chi connectivity index (χ3n) is 6.13. The Bertz CT molecular complexity index is 341. The Morgan fingerprint density at radius 1 is 1.05 bits per heavy atom. The molecule has 3 fully saturated rings. The van der Waals surface area contributed by atoms with E-state index in [0.29, 0.717) is 5.41 Å². The fourth-order valence-electron chi connectivity index (χ4n) is 4.97. The summed E-state index contributed by atoms with van der Waals surface area (Å²) in [7, 11) is 0. The SMILES string of the molecule is CCNC1CCC(C)(C)CC1N1CCCN2CCCC2C1. The van der Waals surface area contributed by atoms with Gasteiger partial charge in [0.15, 0.2) is 0 Å². The molecule has 0 aromatic carbocycles. The molecule has 3 nitrogen and oxygen atoms in total. The van der Waals surface area contributed by atoms with Gasteiger partial charge in [-0.15, -0.1) is 0 Å². The van der Waals surface area contributed by atoms with Gasteiger partial charge in [0.1, 0.15) is 0 Å². The number of rotatable bonds is 3. The molecule has 3 heteroatoms. The van der Waals surface area contributed by atoms with Gasteiger partial charge in [-0.2, -0.15) is 0 Å². The highest BCUT2D eigenvalue weighted by atomic mass is 15.3. The van der Waals surface area contributed by atoms with Crippen LogP contribution in [0.15, 0.2) is 0 Å². The Labute approximate surface area is 131 Å². The Kier molecular flexibility index (Phi) is 4.92. The Hall–Kier alpha value is -0.120. The molecule has 0 aromatic heterocycles. The quantitative estimate of drug-likeness (QED) is 0.863. The summed E-state index contributed by atoms with van der Waals surface area (Å²) in [4.78, 5) is 5.63. The van der Waals surface area contributed by atoms with Gasteiger partial charge in [-0.3, -0.25) is 9.80 Å². The number of nitrogens with one attached hydrogen (secondary N) is 1. The molecular weight excluding hydrogens is 258 g/mol. The van der Waals surface area contributed by atoms with Crippen LogP contribution < -0.4 is 5.32 Å². The highest BCUT2D eigenvalue weighted by Gasteiger charge is 2.40. The molecule has 1 N–H and O–H groups in total. The van der Waals surface area contributed by atoms with Crippen molar-refractivity contribution in [3.05, 3.63) is 0 Å². The summed E-state index contributed by atoms with van der Waals surface area (Å²) in [6.45, 7) is 13.7. The zero-order valence-electron chi connectivity index (χ0n) is 14.4. The Morgan fingerprint density at radius 2 is 1.81 bits per heavy atom. The van der Waals surface area contributed by atoms with Crippen molar-refractivity contribution in [1.29, 1.82) is 0 Å². The third-order valence-corrected chi connectivity index (χ3v) is 6.13. The highest BCUT2D eigenvalue weighted by Crippen LogP contribution is 2.38. The van der Waals surface area contributed by atoms with Crippen molar-refractivity contribution in [2.75, 3.05) is 32.7 Å². The van der Waals surface area contributed by atoms with Crippen molar-refractivity contribution in [3.8, 4) is 0 Å². The molecule has 1 saturated carbocycles. The summed E-state index contributed by atoms with van der Waals surface area (Å²) in [6.07, 6.45) is 8.33. The van der Waals surface area contributed by atoms with Crippen LogP contribution in [0.3, 0.4) is 0 Å². The zero-order valence-corrected chi connectivity index (χ0v) is 14.4. The molecule has 122 valence electrons. The molecule has 1 aliphatic carbocycles. The molecule has 0 amide bonds. The van der Waals surface area contributed by atoms with Gasteiger partial charge in [0.25, 0.3) is 0 Å². The maximum absolute atomic E-state index is 3.79. The minimum Gasteiger partial charge on any atom is -0.313 e. The maximum Gasteiger partial charge on any atom is 0.0255 e. The fourth-order valence-corrected chi connectivity index (χ4v) is 4.97. The van der Waals surface area contributed by atoms with E-state index in [1.54, 1.807) is 0 Å². The predicted octanol–water partition coefficient (Wildman–Crippen LogP) is 2.71. The number of fused-ring (bicyclic) bond motifs is 1. The second kappa shape index (κ2) is 6.55. The predicted molar refractivity (Wildman–Crippen MR) is 89.7 cm³/mol.